The van der Waals surface area contributed by atoms with Gasteiger partial charge in [0.15, 0.2) is 0 Å². The summed E-state index contributed by atoms with van der Waals surface area (Å²) in [5.74, 6) is -1.14. The molecule has 1 aromatic rings. The van der Waals surface area contributed by atoms with E-state index in [1.807, 2.05) is 38.1 Å². The van der Waals surface area contributed by atoms with Crippen molar-refractivity contribution in [3.8, 4) is 6.07 Å². The topological polar surface area (TPSA) is 124 Å². The zero-order chi connectivity index (χ0) is 24.2. The van der Waals surface area contributed by atoms with Gasteiger partial charge in [-0.1, -0.05) is 6.07 Å². The van der Waals surface area contributed by atoms with Gasteiger partial charge in [0.05, 0.1) is 29.7 Å². The molecule has 0 radical (unpaired) electrons. The first-order chi connectivity index (χ1) is 15.9. The molecular formula is C23H33N5O4S. The van der Waals surface area contributed by atoms with Crippen LogP contribution in [0.5, 0.6) is 0 Å². The lowest BCUT2D eigenvalue weighted by molar-refractivity contribution is -0.131. The minimum Gasteiger partial charge on any atom is -0.385 e. The Kier molecular flexibility index (Phi) is 11.0. The van der Waals surface area contributed by atoms with E-state index >= 15 is 0 Å². The Balaban J connectivity index is 1.89. The number of nitrogens with zero attached hydrogens (tertiary/aromatic N) is 2. The van der Waals surface area contributed by atoms with E-state index in [9.17, 15) is 19.6 Å². The van der Waals surface area contributed by atoms with Gasteiger partial charge in [-0.25, -0.2) is 0 Å². The molecule has 10 heteroatoms. The quantitative estimate of drug-likeness (QED) is 0.400. The van der Waals surface area contributed by atoms with Crippen LogP contribution in [0, 0.1) is 17.2 Å². The average Bonchev–Trinajstić information content (AvgIpc) is 3.10. The summed E-state index contributed by atoms with van der Waals surface area (Å²) in [5, 5.41) is 17.8. The van der Waals surface area contributed by atoms with Crippen molar-refractivity contribution in [2.24, 2.45) is 5.92 Å². The summed E-state index contributed by atoms with van der Waals surface area (Å²) in [5.41, 5.74) is 1.54. The molecule has 3 unspecified atom stereocenters. The fourth-order valence-corrected chi connectivity index (χ4v) is 5.16. The number of hydrogen-bond donors (Lipinski definition) is 3. The van der Waals surface area contributed by atoms with Crippen LogP contribution in [0.25, 0.3) is 0 Å². The number of anilines is 2. The van der Waals surface area contributed by atoms with Gasteiger partial charge in [0.1, 0.15) is 5.92 Å². The molecule has 1 saturated heterocycles. The number of carbonyl (C=O) groups is 3. The highest BCUT2D eigenvalue weighted by atomic mass is 32.2. The van der Waals surface area contributed by atoms with E-state index in [-0.39, 0.29) is 34.8 Å². The lowest BCUT2D eigenvalue weighted by Crippen LogP contribution is -2.38. The summed E-state index contributed by atoms with van der Waals surface area (Å²) in [6.45, 7) is 5.67. The van der Waals surface area contributed by atoms with Gasteiger partial charge in [-0.3, -0.25) is 14.4 Å². The Morgan fingerprint density at radius 2 is 2.06 bits per heavy atom. The maximum Gasteiger partial charge on any atom is 0.237 e. The Labute approximate surface area is 199 Å². The third kappa shape index (κ3) is 7.94. The van der Waals surface area contributed by atoms with Crippen molar-refractivity contribution in [2.75, 3.05) is 44.0 Å². The molecule has 3 amide bonds. The van der Waals surface area contributed by atoms with Gasteiger partial charge < -0.3 is 25.6 Å². The van der Waals surface area contributed by atoms with Crippen molar-refractivity contribution < 1.29 is 19.1 Å². The van der Waals surface area contributed by atoms with E-state index in [4.69, 9.17) is 4.74 Å². The van der Waals surface area contributed by atoms with Crippen molar-refractivity contribution in [3.63, 3.8) is 0 Å². The molecule has 0 spiro atoms. The van der Waals surface area contributed by atoms with Crippen LogP contribution in [-0.4, -0.2) is 66.6 Å². The number of benzene rings is 1. The van der Waals surface area contributed by atoms with Crippen LogP contribution in [0.1, 0.15) is 33.1 Å². The second-order valence-electron chi connectivity index (χ2n) is 7.60. The van der Waals surface area contributed by atoms with Crippen LogP contribution in [0.3, 0.4) is 0 Å². The molecule has 0 aliphatic carbocycles. The van der Waals surface area contributed by atoms with Crippen molar-refractivity contribution in [2.45, 2.75) is 43.7 Å². The van der Waals surface area contributed by atoms with Gasteiger partial charge in [0, 0.05) is 44.5 Å². The Bertz CT molecular complexity index is 859. The second-order valence-corrected chi connectivity index (χ2v) is 8.99. The van der Waals surface area contributed by atoms with E-state index in [2.05, 4.69) is 22.0 Å². The monoisotopic (exact) mass is 475 g/mol. The van der Waals surface area contributed by atoms with Crippen LogP contribution < -0.4 is 16.0 Å². The summed E-state index contributed by atoms with van der Waals surface area (Å²) < 4.78 is 4.92. The highest BCUT2D eigenvalue weighted by molar-refractivity contribution is 8.01. The highest BCUT2D eigenvalue weighted by Gasteiger charge is 2.40. The predicted octanol–water partition coefficient (Wildman–Crippen LogP) is 2.42. The standard InChI is InChI=1S/C23H33N5O4S/c1-4-25-22(30)16(15-24)13-21-28(5-2)23(31)19(33-21)9-11-26-17-7-6-8-18(14-17)27-20(29)10-12-32-3/h6-8,14,16,19,21,26H,4-5,9-13H2,1-3H3,(H,25,30)(H,27,29). The van der Waals surface area contributed by atoms with E-state index in [0.717, 1.165) is 5.69 Å². The smallest absolute Gasteiger partial charge is 0.237 e. The van der Waals surface area contributed by atoms with Gasteiger partial charge in [0.25, 0.3) is 0 Å². The zero-order valence-corrected chi connectivity index (χ0v) is 20.2. The van der Waals surface area contributed by atoms with Gasteiger partial charge in [0.2, 0.25) is 17.7 Å². The van der Waals surface area contributed by atoms with E-state index < -0.39 is 5.92 Å². The largest absolute Gasteiger partial charge is 0.385 e. The SMILES string of the molecule is CCNC(=O)C(C#N)CC1SC(CCNc2cccc(NC(=O)CCOC)c2)C(=O)N1CC. The molecule has 1 fully saturated rings. The molecule has 2 rings (SSSR count). The number of methoxy groups -OCH3 is 1. The fraction of sp³-hybridized carbons (Fsp3) is 0.565. The minimum absolute atomic E-state index is 0.0426. The predicted molar refractivity (Wildman–Crippen MR) is 130 cm³/mol. The van der Waals surface area contributed by atoms with Gasteiger partial charge in [-0.05, 0) is 38.5 Å². The zero-order valence-electron chi connectivity index (χ0n) is 19.4. The average molecular weight is 476 g/mol. The first-order valence-electron chi connectivity index (χ1n) is 11.2. The lowest BCUT2D eigenvalue weighted by Gasteiger charge is -2.23. The van der Waals surface area contributed by atoms with Crippen LogP contribution in [0.4, 0.5) is 11.4 Å². The molecule has 3 N–H and O–H groups in total. The molecule has 1 aliphatic rings. The van der Waals surface area contributed by atoms with Gasteiger partial charge >= 0.3 is 0 Å². The summed E-state index contributed by atoms with van der Waals surface area (Å²) in [6, 6.07) is 9.48. The fourth-order valence-electron chi connectivity index (χ4n) is 3.57. The maximum absolute atomic E-state index is 12.9. The number of thioether (sulfide) groups is 1. The third-order valence-electron chi connectivity index (χ3n) is 5.24. The summed E-state index contributed by atoms with van der Waals surface area (Å²) >= 11 is 1.52. The van der Waals surface area contributed by atoms with E-state index in [1.54, 1.807) is 12.0 Å². The molecule has 180 valence electrons. The lowest BCUT2D eigenvalue weighted by atomic mass is 10.1. The number of carbonyl (C=O) groups excluding carboxylic acids is 3. The normalized spacial score (nSPS) is 18.5. The number of nitriles is 1. The van der Waals surface area contributed by atoms with Crippen LogP contribution in [0.2, 0.25) is 0 Å². The van der Waals surface area contributed by atoms with Crippen LogP contribution in [-0.2, 0) is 19.1 Å². The first-order valence-corrected chi connectivity index (χ1v) is 12.1. The summed E-state index contributed by atoms with van der Waals surface area (Å²) in [6.07, 6.45) is 1.22. The van der Waals surface area contributed by atoms with Crippen LogP contribution >= 0.6 is 11.8 Å². The van der Waals surface area contributed by atoms with Crippen molar-refractivity contribution in [3.05, 3.63) is 24.3 Å². The van der Waals surface area contributed by atoms with Gasteiger partial charge in [-0.2, -0.15) is 5.26 Å². The second kappa shape index (κ2) is 13.7. The highest BCUT2D eigenvalue weighted by Crippen LogP contribution is 2.37. The Hall–Kier alpha value is -2.77. The summed E-state index contributed by atoms with van der Waals surface area (Å²) in [4.78, 5) is 38.6. The number of nitrogens with one attached hydrogen (secondary N) is 3. The van der Waals surface area contributed by atoms with Crippen LogP contribution in [0.15, 0.2) is 24.3 Å². The molecule has 0 saturated carbocycles. The number of amides is 3. The molecule has 3 atom stereocenters. The molecule has 1 aliphatic heterocycles. The van der Waals surface area contributed by atoms with E-state index in [1.165, 1.54) is 11.8 Å². The number of rotatable bonds is 13. The maximum atomic E-state index is 12.9. The Morgan fingerprint density at radius 3 is 2.73 bits per heavy atom. The molecule has 1 heterocycles. The van der Waals surface area contributed by atoms with Crippen molar-refractivity contribution >= 4 is 40.9 Å². The minimum atomic E-state index is -0.775. The van der Waals surface area contributed by atoms with Gasteiger partial charge in [-0.15, -0.1) is 11.8 Å². The van der Waals surface area contributed by atoms with E-state index in [0.29, 0.717) is 44.8 Å². The molecule has 33 heavy (non-hydrogen) atoms. The number of ether oxygens (including phenoxy) is 1. The molecule has 0 bridgehead atoms. The Morgan fingerprint density at radius 1 is 1.30 bits per heavy atom. The molecular weight excluding hydrogens is 442 g/mol. The van der Waals surface area contributed by atoms with Crippen molar-refractivity contribution in [1.29, 1.82) is 5.26 Å². The summed E-state index contributed by atoms with van der Waals surface area (Å²) in [7, 11) is 1.55. The third-order valence-corrected chi connectivity index (χ3v) is 6.77. The molecule has 9 nitrogen and oxygen atoms in total. The molecule has 1 aromatic carbocycles. The molecule has 0 aromatic heterocycles. The number of hydrogen-bond acceptors (Lipinski definition) is 7. The van der Waals surface area contributed by atoms with Crippen molar-refractivity contribution in [1.82, 2.24) is 10.2 Å². The first kappa shape index (κ1) is 26.5.